The van der Waals surface area contributed by atoms with Crippen LogP contribution in [0.5, 0.6) is 5.75 Å². The first-order valence-electron chi connectivity index (χ1n) is 7.35. The van der Waals surface area contributed by atoms with Crippen LogP contribution in [0.1, 0.15) is 17.9 Å². The van der Waals surface area contributed by atoms with Gasteiger partial charge in [0.25, 0.3) is 0 Å². The third-order valence-corrected chi connectivity index (χ3v) is 3.38. The van der Waals surface area contributed by atoms with Gasteiger partial charge in [-0.1, -0.05) is 30.3 Å². The molecule has 0 spiro atoms. The molecule has 3 aromatic rings. The molecule has 1 aromatic heterocycles. The van der Waals surface area contributed by atoms with E-state index in [1.54, 1.807) is 42.5 Å². The van der Waals surface area contributed by atoms with Crippen LogP contribution in [0.15, 0.2) is 52.9 Å². The molecule has 7 heteroatoms. The highest BCUT2D eigenvalue weighted by Gasteiger charge is 2.16. The number of hydrogen-bond acceptors (Lipinski definition) is 4. The van der Waals surface area contributed by atoms with Crippen LogP contribution in [-0.2, 0) is 4.79 Å². The van der Waals surface area contributed by atoms with E-state index in [2.05, 4.69) is 9.72 Å². The van der Waals surface area contributed by atoms with E-state index in [9.17, 15) is 13.6 Å². The van der Waals surface area contributed by atoms with Crippen molar-refractivity contribution in [3.05, 3.63) is 60.0 Å². The van der Waals surface area contributed by atoms with Crippen molar-refractivity contribution in [1.29, 1.82) is 0 Å². The molecule has 3 rings (SSSR count). The van der Waals surface area contributed by atoms with E-state index in [1.807, 2.05) is 0 Å². The Kier molecular flexibility index (Phi) is 4.74. The minimum Gasteiger partial charge on any atom is -0.481 e. The highest BCUT2D eigenvalue weighted by Crippen LogP contribution is 2.29. The zero-order valence-corrected chi connectivity index (χ0v) is 12.9. The molecule has 0 aliphatic carbocycles. The van der Waals surface area contributed by atoms with E-state index in [4.69, 9.17) is 9.52 Å². The lowest BCUT2D eigenvalue weighted by atomic mass is 10.1. The fourth-order valence-corrected chi connectivity index (χ4v) is 2.35. The number of rotatable bonds is 6. The third kappa shape index (κ3) is 4.00. The number of halogens is 2. The molecular weight excluding hydrogens is 332 g/mol. The molecule has 0 aliphatic rings. The summed E-state index contributed by atoms with van der Waals surface area (Å²) in [5, 5.41) is 9.15. The maximum Gasteiger partial charge on any atom is 0.387 e. The van der Waals surface area contributed by atoms with Gasteiger partial charge < -0.3 is 14.3 Å². The number of oxazole rings is 1. The van der Waals surface area contributed by atoms with Gasteiger partial charge in [0.15, 0.2) is 5.58 Å². The first kappa shape index (κ1) is 16.6. The van der Waals surface area contributed by atoms with Gasteiger partial charge in [0, 0.05) is 11.1 Å². The summed E-state index contributed by atoms with van der Waals surface area (Å²) < 4.78 is 35.1. The first-order valence-corrected chi connectivity index (χ1v) is 7.35. The average molecular weight is 345 g/mol. The highest BCUT2D eigenvalue weighted by molar-refractivity contribution is 5.91. The lowest BCUT2D eigenvalue weighted by Crippen LogP contribution is -2.03. The first-order chi connectivity index (χ1) is 12.0. The van der Waals surface area contributed by atoms with Gasteiger partial charge in [-0.05, 0) is 24.3 Å². The quantitative estimate of drug-likeness (QED) is 0.715. The Morgan fingerprint density at radius 2 is 1.92 bits per heavy atom. The molecule has 0 unspecified atom stereocenters. The molecule has 0 radical (unpaired) electrons. The topological polar surface area (TPSA) is 72.6 Å². The fourth-order valence-electron chi connectivity index (χ4n) is 2.35. The average Bonchev–Trinajstić information content (AvgIpc) is 2.99. The van der Waals surface area contributed by atoms with Crippen LogP contribution in [0.3, 0.4) is 0 Å². The summed E-state index contributed by atoms with van der Waals surface area (Å²) in [5.41, 5.74) is 1.63. The standard InChI is InChI=1S/C18H13F2NO4/c19-18(20)25-14-7-3-1-5-11(14)9-12(10-16(22)23)17-21-13-6-2-4-8-15(13)24-17/h1-9,18H,10H2,(H,22,23)/b12-9+. The van der Waals surface area contributed by atoms with Crippen LogP contribution in [0.2, 0.25) is 0 Å². The number of aromatic nitrogens is 1. The van der Waals surface area contributed by atoms with Crippen molar-refractivity contribution >= 4 is 28.7 Å². The van der Waals surface area contributed by atoms with Crippen molar-refractivity contribution in [3.8, 4) is 5.75 Å². The van der Waals surface area contributed by atoms with E-state index < -0.39 is 12.6 Å². The summed E-state index contributed by atoms with van der Waals surface area (Å²) >= 11 is 0. The number of carboxylic acid groups (broad SMARTS) is 1. The molecule has 0 fully saturated rings. The van der Waals surface area contributed by atoms with E-state index in [0.717, 1.165) is 0 Å². The second kappa shape index (κ2) is 7.12. The molecule has 128 valence electrons. The fraction of sp³-hybridized carbons (Fsp3) is 0.111. The van der Waals surface area contributed by atoms with Gasteiger partial charge in [-0.3, -0.25) is 4.79 Å². The van der Waals surface area contributed by atoms with Crippen molar-refractivity contribution in [1.82, 2.24) is 4.98 Å². The minimum absolute atomic E-state index is 0.0588. The lowest BCUT2D eigenvalue weighted by molar-refractivity contribution is -0.135. The van der Waals surface area contributed by atoms with Crippen LogP contribution < -0.4 is 4.74 Å². The Balaban J connectivity index is 2.07. The largest absolute Gasteiger partial charge is 0.481 e. The van der Waals surface area contributed by atoms with E-state index >= 15 is 0 Å². The molecule has 2 aromatic carbocycles. The summed E-state index contributed by atoms with van der Waals surface area (Å²) in [6.07, 6.45) is 1.05. The van der Waals surface area contributed by atoms with Crippen molar-refractivity contribution in [2.45, 2.75) is 13.0 Å². The molecular formula is C18H13F2NO4. The predicted octanol–water partition coefficient (Wildman–Crippen LogP) is 4.44. The Labute approximate surface area is 141 Å². The van der Waals surface area contributed by atoms with Crippen molar-refractivity contribution < 1.29 is 27.8 Å². The van der Waals surface area contributed by atoms with Gasteiger partial charge in [-0.15, -0.1) is 0 Å². The van der Waals surface area contributed by atoms with Gasteiger partial charge in [0.2, 0.25) is 5.89 Å². The van der Waals surface area contributed by atoms with Crippen LogP contribution in [0.4, 0.5) is 8.78 Å². The van der Waals surface area contributed by atoms with E-state index in [1.165, 1.54) is 12.1 Å². The van der Waals surface area contributed by atoms with Crippen molar-refractivity contribution in [2.24, 2.45) is 0 Å². The van der Waals surface area contributed by atoms with E-state index in [0.29, 0.717) is 16.7 Å². The van der Waals surface area contributed by atoms with Crippen LogP contribution >= 0.6 is 0 Å². The summed E-state index contributed by atoms with van der Waals surface area (Å²) in [7, 11) is 0. The van der Waals surface area contributed by atoms with Gasteiger partial charge >= 0.3 is 12.6 Å². The maximum atomic E-state index is 12.5. The number of nitrogens with zero attached hydrogens (tertiary/aromatic N) is 1. The number of carbonyl (C=O) groups is 1. The molecule has 25 heavy (non-hydrogen) atoms. The monoisotopic (exact) mass is 345 g/mol. The van der Waals surface area contributed by atoms with Crippen LogP contribution in [0, 0.1) is 0 Å². The zero-order valence-electron chi connectivity index (χ0n) is 12.9. The van der Waals surface area contributed by atoms with Gasteiger partial charge in [-0.25, -0.2) is 4.98 Å². The molecule has 0 bridgehead atoms. The normalized spacial score (nSPS) is 11.9. The molecule has 1 N–H and O–H groups in total. The molecule has 0 saturated carbocycles. The molecule has 0 atom stereocenters. The second-order valence-electron chi connectivity index (χ2n) is 5.14. The Morgan fingerprint density at radius 1 is 1.20 bits per heavy atom. The van der Waals surface area contributed by atoms with Gasteiger partial charge in [0.05, 0.1) is 6.42 Å². The van der Waals surface area contributed by atoms with Crippen LogP contribution in [0.25, 0.3) is 22.7 Å². The summed E-state index contributed by atoms with van der Waals surface area (Å²) in [5.74, 6) is -1.03. The van der Waals surface area contributed by atoms with Gasteiger partial charge in [-0.2, -0.15) is 8.78 Å². The lowest BCUT2D eigenvalue weighted by Gasteiger charge is -2.08. The smallest absolute Gasteiger partial charge is 0.387 e. The van der Waals surface area contributed by atoms with Crippen molar-refractivity contribution in [2.75, 3.05) is 0 Å². The predicted molar refractivity (Wildman–Crippen MR) is 87.2 cm³/mol. The summed E-state index contributed by atoms with van der Waals surface area (Å²) in [6.45, 7) is -2.98. The number of benzene rings is 2. The number of alkyl halides is 2. The minimum atomic E-state index is -2.98. The molecule has 1 heterocycles. The summed E-state index contributed by atoms with van der Waals surface area (Å²) in [4.78, 5) is 15.5. The SMILES string of the molecule is O=C(O)C/C(=C\c1ccccc1OC(F)F)c1nc2ccccc2o1. The Bertz CT molecular complexity index is 900. The molecule has 0 amide bonds. The third-order valence-electron chi connectivity index (χ3n) is 3.38. The molecule has 0 saturated heterocycles. The van der Waals surface area contributed by atoms with Crippen molar-refractivity contribution in [3.63, 3.8) is 0 Å². The zero-order chi connectivity index (χ0) is 17.8. The number of aliphatic carboxylic acids is 1. The van der Waals surface area contributed by atoms with Gasteiger partial charge in [0.1, 0.15) is 11.3 Å². The Morgan fingerprint density at radius 3 is 2.64 bits per heavy atom. The summed E-state index contributed by atoms with van der Waals surface area (Å²) in [6, 6.07) is 13.1. The number of carboxylic acids is 1. The number of hydrogen-bond donors (Lipinski definition) is 1. The second-order valence-corrected chi connectivity index (χ2v) is 5.14. The number of fused-ring (bicyclic) bond motifs is 1. The highest BCUT2D eigenvalue weighted by atomic mass is 19.3. The van der Waals surface area contributed by atoms with E-state index in [-0.39, 0.29) is 23.6 Å². The van der Waals surface area contributed by atoms with Crippen LogP contribution in [-0.4, -0.2) is 22.7 Å². The molecule has 0 aliphatic heterocycles. The number of ether oxygens (including phenoxy) is 1. The number of para-hydroxylation sites is 3. The molecule has 5 nitrogen and oxygen atoms in total. The Hall–Kier alpha value is -3.22. The maximum absolute atomic E-state index is 12.5.